The second-order valence-corrected chi connectivity index (χ2v) is 5.74. The molecule has 0 radical (unpaired) electrons. The van der Waals surface area contributed by atoms with Crippen LogP contribution in [-0.2, 0) is 11.2 Å². The normalized spacial score (nSPS) is 20.4. The Kier molecular flexibility index (Phi) is 4.75. The van der Waals surface area contributed by atoms with Crippen molar-refractivity contribution in [3.63, 3.8) is 0 Å². The first kappa shape index (κ1) is 12.8. The Morgan fingerprint density at radius 2 is 2.35 bits per heavy atom. The molecule has 1 unspecified atom stereocenters. The molecular weight excluding hydrogens is 232 g/mol. The van der Waals surface area contributed by atoms with E-state index in [9.17, 15) is 4.79 Å². The van der Waals surface area contributed by atoms with Crippen molar-refractivity contribution in [1.29, 1.82) is 0 Å². The van der Waals surface area contributed by atoms with Gasteiger partial charge in [-0.15, -0.1) is 11.3 Å². The molecule has 1 aromatic rings. The molecule has 1 saturated heterocycles. The summed E-state index contributed by atoms with van der Waals surface area (Å²) in [6.45, 7) is 2.99. The van der Waals surface area contributed by atoms with Crippen LogP contribution in [0.3, 0.4) is 0 Å². The summed E-state index contributed by atoms with van der Waals surface area (Å²) in [5.74, 6) is 0.281. The van der Waals surface area contributed by atoms with Gasteiger partial charge in [-0.1, -0.05) is 6.92 Å². The van der Waals surface area contributed by atoms with Crippen LogP contribution >= 0.6 is 11.3 Å². The van der Waals surface area contributed by atoms with E-state index < -0.39 is 0 Å². The Morgan fingerprint density at radius 3 is 3.00 bits per heavy atom. The number of ether oxygens (including phenoxy) is 1. The Labute approximate surface area is 107 Å². The van der Waals surface area contributed by atoms with Crippen molar-refractivity contribution in [3.05, 3.63) is 21.9 Å². The molecule has 1 atom stereocenters. The van der Waals surface area contributed by atoms with Crippen LogP contribution in [0.1, 0.15) is 53.6 Å². The molecule has 2 nitrogen and oxygen atoms in total. The van der Waals surface area contributed by atoms with Crippen LogP contribution in [0, 0.1) is 0 Å². The predicted octanol–water partition coefficient (Wildman–Crippen LogP) is 3.84. The van der Waals surface area contributed by atoms with Crippen LogP contribution in [0.2, 0.25) is 0 Å². The topological polar surface area (TPSA) is 26.3 Å². The minimum Gasteiger partial charge on any atom is -0.378 e. The average molecular weight is 252 g/mol. The summed E-state index contributed by atoms with van der Waals surface area (Å²) in [5.41, 5.74) is 0. The number of hydrogen-bond acceptors (Lipinski definition) is 3. The van der Waals surface area contributed by atoms with E-state index in [1.54, 1.807) is 11.3 Å². The lowest BCUT2D eigenvalue weighted by Crippen LogP contribution is -2.19. The molecule has 0 amide bonds. The number of carbonyl (C=O) groups is 1. The van der Waals surface area contributed by atoms with Crippen LogP contribution in [0.25, 0.3) is 0 Å². The molecule has 1 aromatic heterocycles. The van der Waals surface area contributed by atoms with Crippen molar-refractivity contribution in [3.8, 4) is 0 Å². The van der Waals surface area contributed by atoms with Gasteiger partial charge in [-0.25, -0.2) is 0 Å². The Balaban J connectivity index is 1.80. The Bertz CT molecular complexity index is 364. The number of thiophene rings is 1. The van der Waals surface area contributed by atoms with Crippen LogP contribution in [-0.4, -0.2) is 18.5 Å². The first-order valence-electron chi connectivity index (χ1n) is 6.53. The van der Waals surface area contributed by atoms with Crippen molar-refractivity contribution in [2.24, 2.45) is 0 Å². The van der Waals surface area contributed by atoms with E-state index >= 15 is 0 Å². The SMILES string of the molecule is CCc1ccc(C(=O)CCC2CCCCO2)s1. The van der Waals surface area contributed by atoms with Crippen LogP contribution in [0.15, 0.2) is 12.1 Å². The van der Waals surface area contributed by atoms with Gasteiger partial charge in [0.25, 0.3) is 0 Å². The first-order valence-corrected chi connectivity index (χ1v) is 7.34. The number of rotatable bonds is 5. The van der Waals surface area contributed by atoms with Crippen molar-refractivity contribution in [2.75, 3.05) is 6.61 Å². The van der Waals surface area contributed by atoms with E-state index in [1.165, 1.54) is 17.7 Å². The summed E-state index contributed by atoms with van der Waals surface area (Å²) in [5, 5.41) is 0. The molecule has 1 aliphatic heterocycles. The summed E-state index contributed by atoms with van der Waals surface area (Å²) in [7, 11) is 0. The molecule has 17 heavy (non-hydrogen) atoms. The maximum absolute atomic E-state index is 12.0. The largest absolute Gasteiger partial charge is 0.378 e. The van der Waals surface area contributed by atoms with E-state index in [0.717, 1.165) is 30.7 Å². The first-order chi connectivity index (χ1) is 8.29. The van der Waals surface area contributed by atoms with E-state index in [4.69, 9.17) is 4.74 Å². The minimum atomic E-state index is 0.281. The highest BCUT2D eigenvalue weighted by atomic mass is 32.1. The van der Waals surface area contributed by atoms with Gasteiger partial charge < -0.3 is 4.74 Å². The van der Waals surface area contributed by atoms with Gasteiger partial charge in [0.15, 0.2) is 5.78 Å². The van der Waals surface area contributed by atoms with E-state index in [0.29, 0.717) is 12.5 Å². The summed E-state index contributed by atoms with van der Waals surface area (Å²) >= 11 is 1.64. The lowest BCUT2D eigenvalue weighted by molar-refractivity contribution is 0.0105. The molecule has 0 aliphatic carbocycles. The lowest BCUT2D eigenvalue weighted by Gasteiger charge is -2.21. The van der Waals surface area contributed by atoms with Gasteiger partial charge in [0.05, 0.1) is 11.0 Å². The molecule has 94 valence electrons. The van der Waals surface area contributed by atoms with E-state index in [1.807, 2.05) is 6.07 Å². The van der Waals surface area contributed by atoms with E-state index in [-0.39, 0.29) is 5.78 Å². The lowest BCUT2D eigenvalue weighted by atomic mass is 10.0. The molecule has 0 saturated carbocycles. The van der Waals surface area contributed by atoms with Crippen molar-refractivity contribution in [1.82, 2.24) is 0 Å². The third-order valence-electron chi connectivity index (χ3n) is 3.25. The van der Waals surface area contributed by atoms with Crippen molar-refractivity contribution < 1.29 is 9.53 Å². The van der Waals surface area contributed by atoms with E-state index in [2.05, 4.69) is 13.0 Å². The molecule has 3 heteroatoms. The van der Waals surface area contributed by atoms with Gasteiger partial charge in [0.1, 0.15) is 0 Å². The van der Waals surface area contributed by atoms with Gasteiger partial charge in [0.2, 0.25) is 0 Å². The monoisotopic (exact) mass is 252 g/mol. The Hall–Kier alpha value is -0.670. The number of aryl methyl sites for hydroxylation is 1. The third-order valence-corrected chi connectivity index (χ3v) is 4.52. The summed E-state index contributed by atoms with van der Waals surface area (Å²) in [6, 6.07) is 4.03. The van der Waals surface area contributed by atoms with Crippen molar-refractivity contribution in [2.45, 2.75) is 51.6 Å². The molecule has 1 fully saturated rings. The smallest absolute Gasteiger partial charge is 0.172 e. The van der Waals surface area contributed by atoms with Gasteiger partial charge in [-0.05, 0) is 44.2 Å². The highest BCUT2D eigenvalue weighted by molar-refractivity contribution is 7.14. The van der Waals surface area contributed by atoms with Crippen LogP contribution in [0.4, 0.5) is 0 Å². The summed E-state index contributed by atoms with van der Waals surface area (Å²) in [4.78, 5) is 14.2. The number of ketones is 1. The fourth-order valence-corrected chi connectivity index (χ4v) is 3.08. The minimum absolute atomic E-state index is 0.281. The average Bonchev–Trinajstić information content (AvgIpc) is 2.86. The number of Topliss-reactive ketones (excluding diaryl/α,β-unsaturated/α-hetero) is 1. The molecule has 0 N–H and O–H groups in total. The van der Waals surface area contributed by atoms with Crippen molar-refractivity contribution >= 4 is 17.1 Å². The zero-order chi connectivity index (χ0) is 12.1. The molecular formula is C14H20O2S. The maximum Gasteiger partial charge on any atom is 0.172 e. The standard InChI is InChI=1S/C14H20O2S/c1-2-12-7-9-14(17-12)13(15)8-6-11-5-3-4-10-16-11/h7,9,11H,2-6,8,10H2,1H3. The second kappa shape index (κ2) is 6.31. The molecule has 0 spiro atoms. The summed E-state index contributed by atoms with van der Waals surface area (Å²) in [6.07, 6.45) is 6.40. The van der Waals surface area contributed by atoms with Gasteiger partial charge in [0, 0.05) is 17.9 Å². The molecule has 2 rings (SSSR count). The fourth-order valence-electron chi connectivity index (χ4n) is 2.17. The third kappa shape index (κ3) is 3.65. The van der Waals surface area contributed by atoms with Gasteiger partial charge in [-0.2, -0.15) is 0 Å². The zero-order valence-corrected chi connectivity index (χ0v) is 11.2. The highest BCUT2D eigenvalue weighted by Crippen LogP contribution is 2.22. The maximum atomic E-state index is 12.0. The second-order valence-electron chi connectivity index (χ2n) is 4.57. The molecule has 2 heterocycles. The van der Waals surface area contributed by atoms with Crippen LogP contribution < -0.4 is 0 Å². The quantitative estimate of drug-likeness (QED) is 0.744. The van der Waals surface area contributed by atoms with Gasteiger partial charge in [-0.3, -0.25) is 4.79 Å². The predicted molar refractivity (Wildman–Crippen MR) is 70.9 cm³/mol. The molecule has 0 aromatic carbocycles. The number of hydrogen-bond donors (Lipinski definition) is 0. The zero-order valence-electron chi connectivity index (χ0n) is 10.4. The summed E-state index contributed by atoms with van der Waals surface area (Å²) < 4.78 is 5.64. The van der Waals surface area contributed by atoms with Crippen LogP contribution in [0.5, 0.6) is 0 Å². The fraction of sp³-hybridized carbons (Fsp3) is 0.643. The number of carbonyl (C=O) groups excluding carboxylic acids is 1. The Morgan fingerprint density at radius 1 is 1.47 bits per heavy atom. The van der Waals surface area contributed by atoms with Gasteiger partial charge >= 0.3 is 0 Å². The highest BCUT2D eigenvalue weighted by Gasteiger charge is 2.16. The molecule has 1 aliphatic rings. The molecule has 0 bridgehead atoms.